The number of aromatic amines is 1. The SMILES string of the molecule is O=c1[nH]ccc2c3nc(N4CCC(=NOCCN5CCOCC5)CC4)n(Cc4ccccc4)c3c3ccc(F)cc3c12. The Bertz CT molecular complexity index is 1820. The molecule has 9 nitrogen and oxygen atoms in total. The van der Waals surface area contributed by atoms with Crippen LogP contribution >= 0.6 is 0 Å². The predicted octanol–water partition coefficient (Wildman–Crippen LogP) is 4.52. The first kappa shape index (κ1) is 26.6. The lowest BCUT2D eigenvalue weighted by atomic mass is 10.0. The number of halogens is 1. The minimum Gasteiger partial charge on any atom is -0.394 e. The second-order valence-electron chi connectivity index (χ2n) is 10.9. The summed E-state index contributed by atoms with van der Waals surface area (Å²) < 4.78 is 22.1. The van der Waals surface area contributed by atoms with E-state index in [1.165, 1.54) is 12.1 Å². The predicted molar refractivity (Wildman–Crippen MR) is 163 cm³/mol. The van der Waals surface area contributed by atoms with Gasteiger partial charge in [-0.3, -0.25) is 9.69 Å². The van der Waals surface area contributed by atoms with Crippen LogP contribution in [0.4, 0.5) is 10.3 Å². The molecule has 0 aliphatic carbocycles. The second-order valence-corrected chi connectivity index (χ2v) is 10.9. The zero-order chi connectivity index (χ0) is 28.5. The highest BCUT2D eigenvalue weighted by Crippen LogP contribution is 2.37. The van der Waals surface area contributed by atoms with E-state index in [1.807, 2.05) is 24.3 Å². The minimum atomic E-state index is -0.379. The third-order valence-electron chi connectivity index (χ3n) is 8.27. The first-order valence-electron chi connectivity index (χ1n) is 14.6. The Kier molecular flexibility index (Phi) is 7.31. The molecule has 0 unspecified atom stereocenters. The average Bonchev–Trinajstić information content (AvgIpc) is 3.40. The Morgan fingerprint density at radius 2 is 1.79 bits per heavy atom. The molecule has 2 aliphatic heterocycles. The van der Waals surface area contributed by atoms with Crippen molar-refractivity contribution in [3.05, 3.63) is 82.5 Å². The minimum absolute atomic E-state index is 0.253. The van der Waals surface area contributed by atoms with Crippen molar-refractivity contribution >= 4 is 44.2 Å². The van der Waals surface area contributed by atoms with E-state index in [2.05, 4.69) is 36.6 Å². The summed E-state index contributed by atoms with van der Waals surface area (Å²) in [5.41, 5.74) is 3.57. The highest BCUT2D eigenvalue weighted by atomic mass is 19.1. The van der Waals surface area contributed by atoms with E-state index in [9.17, 15) is 9.18 Å². The van der Waals surface area contributed by atoms with E-state index in [0.29, 0.717) is 29.3 Å². The van der Waals surface area contributed by atoms with Gasteiger partial charge in [-0.25, -0.2) is 9.37 Å². The van der Waals surface area contributed by atoms with Crippen molar-refractivity contribution in [1.82, 2.24) is 19.4 Å². The largest absolute Gasteiger partial charge is 0.394 e. The third kappa shape index (κ3) is 5.12. The van der Waals surface area contributed by atoms with Crippen molar-refractivity contribution in [3.63, 3.8) is 0 Å². The molecule has 5 aromatic rings. The fourth-order valence-corrected chi connectivity index (χ4v) is 6.12. The molecule has 10 heteroatoms. The summed E-state index contributed by atoms with van der Waals surface area (Å²) in [6.45, 7) is 6.93. The smallest absolute Gasteiger partial charge is 0.256 e. The first-order chi connectivity index (χ1) is 20.7. The Morgan fingerprint density at radius 3 is 2.60 bits per heavy atom. The van der Waals surface area contributed by atoms with Crippen LogP contribution in [0.5, 0.6) is 0 Å². The van der Waals surface area contributed by atoms with E-state index >= 15 is 0 Å². The highest BCUT2D eigenvalue weighted by molar-refractivity contribution is 6.23. The van der Waals surface area contributed by atoms with Crippen LogP contribution in [0.3, 0.4) is 0 Å². The molecule has 0 atom stereocenters. The van der Waals surface area contributed by atoms with Crippen molar-refractivity contribution in [1.29, 1.82) is 0 Å². The van der Waals surface area contributed by atoms with Gasteiger partial charge in [0.25, 0.3) is 5.56 Å². The Labute approximate surface area is 242 Å². The Morgan fingerprint density at radius 1 is 0.976 bits per heavy atom. The van der Waals surface area contributed by atoms with E-state index in [4.69, 9.17) is 14.6 Å². The molecule has 7 rings (SSSR count). The number of piperidine rings is 1. The van der Waals surface area contributed by atoms with Crippen molar-refractivity contribution in [2.24, 2.45) is 5.16 Å². The molecule has 0 radical (unpaired) electrons. The van der Waals surface area contributed by atoms with Crippen LogP contribution in [0.2, 0.25) is 0 Å². The summed E-state index contributed by atoms with van der Waals surface area (Å²) in [4.78, 5) is 31.3. The molecule has 2 aliphatic rings. The Balaban J connectivity index is 1.24. The van der Waals surface area contributed by atoms with Crippen LogP contribution in [0, 0.1) is 5.82 Å². The van der Waals surface area contributed by atoms with Gasteiger partial charge in [0.05, 0.1) is 41.9 Å². The number of hydrogen-bond donors (Lipinski definition) is 1. The normalized spacial score (nSPS) is 16.5. The highest BCUT2D eigenvalue weighted by Gasteiger charge is 2.25. The van der Waals surface area contributed by atoms with Crippen molar-refractivity contribution in [3.8, 4) is 0 Å². The van der Waals surface area contributed by atoms with Gasteiger partial charge >= 0.3 is 0 Å². The molecule has 216 valence electrons. The number of fused-ring (bicyclic) bond motifs is 6. The van der Waals surface area contributed by atoms with Crippen molar-refractivity contribution in [2.45, 2.75) is 19.4 Å². The number of nitrogens with zero attached hydrogens (tertiary/aromatic N) is 5. The quantitative estimate of drug-likeness (QED) is 0.177. The number of anilines is 1. The lowest BCUT2D eigenvalue weighted by Crippen LogP contribution is -2.38. The van der Waals surface area contributed by atoms with Gasteiger partial charge in [0.15, 0.2) is 0 Å². The molecule has 2 saturated heterocycles. The number of aromatic nitrogens is 3. The maximum atomic E-state index is 14.5. The maximum absolute atomic E-state index is 14.5. The zero-order valence-electron chi connectivity index (χ0n) is 23.4. The molecule has 0 saturated carbocycles. The second kappa shape index (κ2) is 11.5. The Hall–Kier alpha value is -4.28. The number of imidazole rings is 1. The number of pyridine rings is 1. The number of benzene rings is 3. The standard InChI is InChI=1S/C32H33FN6O3/c33-23-6-7-25-27(20-23)28-26(8-11-34-31(28)40)29-30(25)39(21-22-4-2-1-3-5-22)32(35-29)38-12-9-24(10-13-38)36-42-19-16-37-14-17-41-18-15-37/h1-8,11,20H,9-10,12-19,21H2,(H,34,40). The molecule has 42 heavy (non-hydrogen) atoms. The van der Waals surface area contributed by atoms with E-state index < -0.39 is 0 Å². The molecule has 1 N–H and O–H groups in total. The summed E-state index contributed by atoms with van der Waals surface area (Å²) >= 11 is 0. The van der Waals surface area contributed by atoms with Crippen LogP contribution in [0.25, 0.3) is 32.6 Å². The van der Waals surface area contributed by atoms with E-state index in [-0.39, 0.29) is 11.4 Å². The lowest BCUT2D eigenvalue weighted by molar-refractivity contribution is 0.0210. The summed E-state index contributed by atoms with van der Waals surface area (Å²) in [6, 6.07) is 16.8. The third-order valence-corrected chi connectivity index (χ3v) is 8.27. The fourth-order valence-electron chi connectivity index (χ4n) is 6.12. The lowest BCUT2D eigenvalue weighted by Gasteiger charge is -2.29. The topological polar surface area (TPSA) is 88.0 Å². The number of morpholine rings is 1. The van der Waals surface area contributed by atoms with E-state index in [0.717, 1.165) is 92.4 Å². The van der Waals surface area contributed by atoms with Gasteiger partial charge in [-0.05, 0) is 29.8 Å². The number of rotatable bonds is 7. The van der Waals surface area contributed by atoms with Crippen LogP contribution in [0.1, 0.15) is 18.4 Å². The van der Waals surface area contributed by atoms with Crippen LogP contribution in [0.15, 0.2) is 70.7 Å². The number of oxime groups is 1. The molecule has 2 fully saturated rings. The molecule has 2 aromatic heterocycles. The summed E-state index contributed by atoms with van der Waals surface area (Å²) in [5.74, 6) is 0.454. The number of ether oxygens (including phenoxy) is 1. The van der Waals surface area contributed by atoms with Gasteiger partial charge in [-0.2, -0.15) is 0 Å². The number of nitrogens with one attached hydrogen (secondary N) is 1. The van der Waals surface area contributed by atoms with E-state index in [1.54, 1.807) is 12.3 Å². The fraction of sp³-hybridized carbons (Fsp3) is 0.344. The zero-order valence-corrected chi connectivity index (χ0v) is 23.4. The van der Waals surface area contributed by atoms with Crippen LogP contribution in [-0.4, -0.2) is 77.7 Å². The van der Waals surface area contributed by atoms with Gasteiger partial charge in [0.1, 0.15) is 12.4 Å². The molecular formula is C32H33FN6O3. The average molecular weight is 569 g/mol. The molecule has 4 heterocycles. The number of H-pyrrole nitrogens is 1. The van der Waals surface area contributed by atoms with Gasteiger partial charge in [0.2, 0.25) is 5.95 Å². The number of hydrogen-bond acceptors (Lipinski definition) is 7. The molecule has 0 amide bonds. The molecule has 0 spiro atoms. The van der Waals surface area contributed by atoms with Gasteiger partial charge in [-0.1, -0.05) is 35.5 Å². The molecule has 0 bridgehead atoms. The van der Waals surface area contributed by atoms with Crippen LogP contribution < -0.4 is 10.5 Å². The summed E-state index contributed by atoms with van der Waals surface area (Å²) in [7, 11) is 0. The first-order valence-corrected chi connectivity index (χ1v) is 14.6. The molecule has 3 aromatic carbocycles. The monoisotopic (exact) mass is 568 g/mol. The van der Waals surface area contributed by atoms with Gasteiger partial charge in [0, 0.05) is 67.9 Å². The molecular weight excluding hydrogens is 535 g/mol. The summed E-state index contributed by atoms with van der Waals surface area (Å²) in [5, 5.41) is 7.02. The maximum Gasteiger partial charge on any atom is 0.256 e. The van der Waals surface area contributed by atoms with Crippen molar-refractivity contribution in [2.75, 3.05) is 57.4 Å². The van der Waals surface area contributed by atoms with Crippen molar-refractivity contribution < 1.29 is 14.0 Å². The van der Waals surface area contributed by atoms with Crippen LogP contribution in [-0.2, 0) is 16.1 Å². The van der Waals surface area contributed by atoms with Gasteiger partial charge < -0.3 is 24.0 Å². The van der Waals surface area contributed by atoms with Gasteiger partial charge in [-0.15, -0.1) is 0 Å². The summed E-state index contributed by atoms with van der Waals surface area (Å²) in [6.07, 6.45) is 3.19.